The van der Waals surface area contributed by atoms with Crippen molar-refractivity contribution in [1.82, 2.24) is 9.80 Å². The first-order valence-corrected chi connectivity index (χ1v) is 9.54. The van der Waals surface area contributed by atoms with Gasteiger partial charge in [0.1, 0.15) is 0 Å². The van der Waals surface area contributed by atoms with Crippen molar-refractivity contribution in [2.24, 2.45) is 5.92 Å². The van der Waals surface area contributed by atoms with Crippen molar-refractivity contribution in [3.63, 3.8) is 0 Å². The third kappa shape index (κ3) is 8.39. The van der Waals surface area contributed by atoms with Gasteiger partial charge in [0.05, 0.1) is 13.0 Å². The molecule has 1 atom stereocenters. The largest absolute Gasteiger partial charge is 0.469 e. The van der Waals surface area contributed by atoms with Crippen molar-refractivity contribution in [3.8, 4) is 0 Å². The van der Waals surface area contributed by atoms with Gasteiger partial charge in [0, 0.05) is 19.2 Å². The number of hydrogen-bond donors (Lipinski definition) is 0. The Bertz CT molecular complexity index is 621. The molecule has 0 N–H and O–H groups in total. The van der Waals surface area contributed by atoms with E-state index in [9.17, 15) is 9.59 Å². The van der Waals surface area contributed by atoms with E-state index >= 15 is 0 Å². The van der Waals surface area contributed by atoms with Gasteiger partial charge >= 0.3 is 5.97 Å². The molecule has 1 unspecified atom stereocenters. The molecule has 1 amide bonds. The second kappa shape index (κ2) is 11.5. The molecule has 1 aromatic rings. The van der Waals surface area contributed by atoms with Gasteiger partial charge in [-0.2, -0.15) is 0 Å². The zero-order chi connectivity index (χ0) is 20.4. The lowest BCUT2D eigenvalue weighted by Gasteiger charge is -2.24. The van der Waals surface area contributed by atoms with Crippen LogP contribution in [0, 0.1) is 5.92 Å². The van der Waals surface area contributed by atoms with Crippen LogP contribution in [0.2, 0.25) is 0 Å². The van der Waals surface area contributed by atoms with E-state index in [1.807, 2.05) is 32.3 Å². The molecular weight excluding hydrogens is 340 g/mol. The molecule has 0 bridgehead atoms. The number of rotatable bonds is 10. The molecular formula is C22H34N2O3. The highest BCUT2D eigenvalue weighted by molar-refractivity contribution is 5.92. The van der Waals surface area contributed by atoms with Gasteiger partial charge < -0.3 is 14.5 Å². The molecule has 27 heavy (non-hydrogen) atoms. The van der Waals surface area contributed by atoms with Gasteiger partial charge in [-0.15, -0.1) is 0 Å². The first-order valence-electron chi connectivity index (χ1n) is 9.54. The number of ether oxygens (including phenoxy) is 1. The molecule has 0 radical (unpaired) electrons. The minimum absolute atomic E-state index is 0.0857. The Labute approximate surface area is 164 Å². The molecule has 5 nitrogen and oxygen atoms in total. The minimum Gasteiger partial charge on any atom is -0.469 e. The zero-order valence-corrected chi connectivity index (χ0v) is 17.6. The van der Waals surface area contributed by atoms with Crippen LogP contribution in [-0.4, -0.2) is 62.5 Å². The van der Waals surface area contributed by atoms with Gasteiger partial charge in [-0.1, -0.05) is 45.0 Å². The summed E-state index contributed by atoms with van der Waals surface area (Å²) in [6, 6.07) is 8.21. The molecule has 5 heteroatoms. The van der Waals surface area contributed by atoms with Crippen LogP contribution in [0.4, 0.5) is 0 Å². The van der Waals surface area contributed by atoms with Crippen molar-refractivity contribution in [3.05, 3.63) is 41.5 Å². The number of amides is 1. The van der Waals surface area contributed by atoms with E-state index in [0.717, 1.165) is 18.5 Å². The van der Waals surface area contributed by atoms with Crippen molar-refractivity contribution in [2.45, 2.75) is 33.1 Å². The fourth-order valence-corrected chi connectivity index (χ4v) is 2.74. The number of carbonyl (C=O) groups excluding carboxylic acids is 2. The Morgan fingerprint density at radius 1 is 1.07 bits per heavy atom. The molecule has 0 aliphatic carbocycles. The minimum atomic E-state index is -0.350. The number of carbonyl (C=O) groups is 2. The predicted octanol–water partition coefficient (Wildman–Crippen LogP) is 3.41. The van der Waals surface area contributed by atoms with Crippen LogP contribution in [0.15, 0.2) is 30.3 Å². The van der Waals surface area contributed by atoms with Crippen molar-refractivity contribution in [2.75, 3.05) is 40.8 Å². The van der Waals surface area contributed by atoms with Gasteiger partial charge in [0.25, 0.3) is 0 Å². The van der Waals surface area contributed by atoms with Gasteiger partial charge in [-0.3, -0.25) is 9.59 Å². The quantitative estimate of drug-likeness (QED) is 0.465. The Kier molecular flexibility index (Phi) is 9.79. The highest BCUT2D eigenvalue weighted by Crippen LogP contribution is 2.15. The van der Waals surface area contributed by atoms with E-state index in [0.29, 0.717) is 19.0 Å². The Hall–Kier alpha value is -2.14. The summed E-state index contributed by atoms with van der Waals surface area (Å²) >= 11 is 0. The summed E-state index contributed by atoms with van der Waals surface area (Å²) in [5.74, 6) is -0.250. The molecule has 0 aromatic heterocycles. The van der Waals surface area contributed by atoms with Crippen molar-refractivity contribution < 1.29 is 14.3 Å². The normalized spacial score (nSPS) is 12.6. The van der Waals surface area contributed by atoms with Crippen LogP contribution in [0.1, 0.15) is 44.2 Å². The highest BCUT2D eigenvalue weighted by Gasteiger charge is 2.20. The van der Waals surface area contributed by atoms with Crippen LogP contribution < -0.4 is 0 Å². The second-order valence-electron chi connectivity index (χ2n) is 7.52. The van der Waals surface area contributed by atoms with Crippen LogP contribution in [0.25, 0.3) is 6.08 Å². The van der Waals surface area contributed by atoms with Crippen molar-refractivity contribution in [1.29, 1.82) is 0 Å². The predicted molar refractivity (Wildman–Crippen MR) is 110 cm³/mol. The SMILES string of the molecule is COC(=O)C(C)CN(CCCN(C)C)C(=O)/C=C/c1ccc(C(C)C)cc1. The topological polar surface area (TPSA) is 49.9 Å². The lowest BCUT2D eigenvalue weighted by Crippen LogP contribution is -2.37. The molecule has 0 fully saturated rings. The Morgan fingerprint density at radius 3 is 2.22 bits per heavy atom. The number of benzene rings is 1. The lowest BCUT2D eigenvalue weighted by molar-refractivity contribution is -0.146. The summed E-state index contributed by atoms with van der Waals surface area (Å²) in [5, 5.41) is 0. The third-order valence-corrected chi connectivity index (χ3v) is 4.46. The maximum Gasteiger partial charge on any atom is 0.310 e. The van der Waals surface area contributed by atoms with Gasteiger partial charge in [0.2, 0.25) is 5.91 Å². The average molecular weight is 375 g/mol. The van der Waals surface area contributed by atoms with Crippen LogP contribution in [0.5, 0.6) is 0 Å². The van der Waals surface area contributed by atoms with E-state index in [1.165, 1.54) is 12.7 Å². The zero-order valence-electron chi connectivity index (χ0n) is 17.6. The molecule has 1 aromatic carbocycles. The molecule has 0 saturated heterocycles. The molecule has 1 rings (SSSR count). The average Bonchev–Trinajstić information content (AvgIpc) is 2.64. The highest BCUT2D eigenvalue weighted by atomic mass is 16.5. The Morgan fingerprint density at radius 2 is 1.70 bits per heavy atom. The van der Waals surface area contributed by atoms with E-state index in [4.69, 9.17) is 4.74 Å². The molecule has 0 aliphatic heterocycles. The first-order chi connectivity index (χ1) is 12.7. The van der Waals surface area contributed by atoms with Gasteiger partial charge in [-0.25, -0.2) is 0 Å². The fraction of sp³-hybridized carbons (Fsp3) is 0.545. The number of esters is 1. The monoisotopic (exact) mass is 374 g/mol. The standard InChI is InChI=1S/C22H34N2O3/c1-17(2)20-11-8-19(9-12-20)10-13-21(25)24(15-7-14-23(4)5)16-18(3)22(26)27-6/h8-13,17-18H,7,14-16H2,1-6H3/b13-10+. The van der Waals surface area contributed by atoms with Crippen molar-refractivity contribution >= 4 is 18.0 Å². The van der Waals surface area contributed by atoms with E-state index in [-0.39, 0.29) is 17.8 Å². The number of nitrogens with zero attached hydrogens (tertiary/aromatic N) is 2. The molecule has 0 spiro atoms. The summed E-state index contributed by atoms with van der Waals surface area (Å²) in [6.07, 6.45) is 4.27. The Balaban J connectivity index is 2.79. The maximum absolute atomic E-state index is 12.7. The number of hydrogen-bond acceptors (Lipinski definition) is 4. The van der Waals surface area contributed by atoms with Crippen LogP contribution in [0.3, 0.4) is 0 Å². The van der Waals surface area contributed by atoms with E-state index in [2.05, 4.69) is 30.9 Å². The second-order valence-corrected chi connectivity index (χ2v) is 7.52. The summed E-state index contributed by atoms with van der Waals surface area (Å²) < 4.78 is 4.79. The number of methoxy groups -OCH3 is 1. The summed E-state index contributed by atoms with van der Waals surface area (Å²) in [5.41, 5.74) is 2.26. The molecule has 0 saturated carbocycles. The van der Waals surface area contributed by atoms with Crippen LogP contribution in [-0.2, 0) is 14.3 Å². The molecule has 150 valence electrons. The van der Waals surface area contributed by atoms with Gasteiger partial charge in [0.15, 0.2) is 0 Å². The maximum atomic E-state index is 12.7. The van der Waals surface area contributed by atoms with E-state index in [1.54, 1.807) is 17.9 Å². The van der Waals surface area contributed by atoms with Crippen LogP contribution >= 0.6 is 0 Å². The van der Waals surface area contributed by atoms with E-state index < -0.39 is 0 Å². The third-order valence-electron chi connectivity index (χ3n) is 4.46. The molecule has 0 aliphatic rings. The fourth-order valence-electron chi connectivity index (χ4n) is 2.74. The summed E-state index contributed by atoms with van der Waals surface area (Å²) in [7, 11) is 5.38. The first kappa shape index (κ1) is 22.9. The summed E-state index contributed by atoms with van der Waals surface area (Å²) in [4.78, 5) is 28.2. The smallest absolute Gasteiger partial charge is 0.310 e. The van der Waals surface area contributed by atoms with Gasteiger partial charge in [-0.05, 0) is 50.2 Å². The summed E-state index contributed by atoms with van der Waals surface area (Å²) in [6.45, 7) is 7.94. The lowest BCUT2D eigenvalue weighted by atomic mass is 10.0. The molecule has 0 heterocycles.